The van der Waals surface area contributed by atoms with Crippen molar-refractivity contribution in [3.63, 3.8) is 0 Å². The van der Waals surface area contributed by atoms with E-state index >= 15 is 0 Å². The minimum atomic E-state index is 0.228. The lowest BCUT2D eigenvalue weighted by Crippen LogP contribution is -2.49. The van der Waals surface area contributed by atoms with E-state index in [1.165, 1.54) is 0 Å². The van der Waals surface area contributed by atoms with Gasteiger partial charge in [-0.3, -0.25) is 9.80 Å². The molecule has 1 saturated heterocycles. The number of carbonyl (C=O) groups is 1. The summed E-state index contributed by atoms with van der Waals surface area (Å²) in [6, 6.07) is 0.651. The summed E-state index contributed by atoms with van der Waals surface area (Å²) in [5.74, 6) is 0. The molecule has 0 unspecified atom stereocenters. The Kier molecular flexibility index (Phi) is 5.83. The second kappa shape index (κ2) is 6.93. The molecule has 0 atom stereocenters. The quantitative estimate of drug-likeness (QED) is 0.468. The molecule has 88 valence electrons. The summed E-state index contributed by atoms with van der Waals surface area (Å²) in [5, 5.41) is 0. The first-order valence-electron chi connectivity index (χ1n) is 5.72. The van der Waals surface area contributed by atoms with E-state index in [1.807, 2.05) is 0 Å². The number of rotatable bonds is 6. The zero-order valence-electron chi connectivity index (χ0n) is 9.82. The zero-order chi connectivity index (χ0) is 11.1. The summed E-state index contributed by atoms with van der Waals surface area (Å²) < 4.78 is 5.14. The van der Waals surface area contributed by atoms with Gasteiger partial charge in [-0.05, 0) is 13.8 Å². The first-order chi connectivity index (χ1) is 7.24. The number of piperazine rings is 1. The van der Waals surface area contributed by atoms with E-state index in [4.69, 9.17) is 4.74 Å². The lowest BCUT2D eigenvalue weighted by atomic mass is 10.2. The van der Waals surface area contributed by atoms with Crippen LogP contribution < -0.4 is 0 Å². The van der Waals surface area contributed by atoms with Crippen molar-refractivity contribution < 1.29 is 9.53 Å². The van der Waals surface area contributed by atoms with Crippen molar-refractivity contribution in [2.75, 3.05) is 45.9 Å². The fraction of sp³-hybridized carbons (Fsp3) is 0.909. The number of ether oxygens (including phenoxy) is 1. The number of aldehydes is 1. The number of carbonyl (C=O) groups excluding carboxylic acids is 1. The Balaban J connectivity index is 2.06. The second-order valence-corrected chi connectivity index (χ2v) is 4.21. The van der Waals surface area contributed by atoms with Crippen molar-refractivity contribution in [3.8, 4) is 0 Å². The highest BCUT2D eigenvalue weighted by atomic mass is 16.5. The monoisotopic (exact) mass is 214 g/mol. The van der Waals surface area contributed by atoms with Gasteiger partial charge in [0.25, 0.3) is 0 Å². The Morgan fingerprint density at radius 2 is 1.93 bits per heavy atom. The molecule has 1 heterocycles. The van der Waals surface area contributed by atoms with Crippen LogP contribution in [0.25, 0.3) is 0 Å². The highest BCUT2D eigenvalue weighted by Crippen LogP contribution is 2.05. The van der Waals surface area contributed by atoms with Gasteiger partial charge in [0, 0.05) is 38.8 Å². The van der Waals surface area contributed by atoms with E-state index in [9.17, 15) is 4.79 Å². The molecule has 0 aliphatic carbocycles. The summed E-state index contributed by atoms with van der Waals surface area (Å²) in [7, 11) is 0. The van der Waals surface area contributed by atoms with Crippen molar-refractivity contribution in [3.05, 3.63) is 0 Å². The standard InChI is InChI=1S/C11H22N2O2/c1-11(2)13-5-3-12(4-6-13)7-9-15-10-8-14/h8,11H,3-7,9-10H2,1-2H3. The smallest absolute Gasteiger partial charge is 0.145 e. The molecule has 0 aromatic heterocycles. The van der Waals surface area contributed by atoms with Gasteiger partial charge in [0.1, 0.15) is 12.9 Å². The lowest BCUT2D eigenvalue weighted by molar-refractivity contribution is -0.112. The minimum Gasteiger partial charge on any atom is -0.373 e. The molecule has 0 spiro atoms. The average Bonchev–Trinajstić information content (AvgIpc) is 2.25. The fourth-order valence-corrected chi connectivity index (χ4v) is 1.83. The molecular weight excluding hydrogens is 192 g/mol. The normalized spacial score (nSPS) is 19.7. The summed E-state index contributed by atoms with van der Waals surface area (Å²) >= 11 is 0. The van der Waals surface area contributed by atoms with Crippen LogP contribution in [0.5, 0.6) is 0 Å². The van der Waals surface area contributed by atoms with E-state index in [0.29, 0.717) is 12.6 Å². The first kappa shape index (κ1) is 12.6. The first-order valence-corrected chi connectivity index (χ1v) is 5.72. The molecule has 15 heavy (non-hydrogen) atoms. The lowest BCUT2D eigenvalue weighted by Gasteiger charge is -2.36. The van der Waals surface area contributed by atoms with Gasteiger partial charge in [0.05, 0.1) is 6.61 Å². The molecule has 4 nitrogen and oxygen atoms in total. The zero-order valence-corrected chi connectivity index (χ0v) is 9.82. The molecule has 1 rings (SSSR count). The molecule has 0 aromatic rings. The van der Waals surface area contributed by atoms with E-state index in [1.54, 1.807) is 0 Å². The van der Waals surface area contributed by atoms with Crippen molar-refractivity contribution in [1.29, 1.82) is 0 Å². The summed E-state index contributed by atoms with van der Waals surface area (Å²) in [6.07, 6.45) is 0.802. The Morgan fingerprint density at radius 3 is 2.47 bits per heavy atom. The van der Waals surface area contributed by atoms with Gasteiger partial charge in [-0.1, -0.05) is 0 Å². The topological polar surface area (TPSA) is 32.8 Å². The third-order valence-electron chi connectivity index (χ3n) is 2.87. The Labute approximate surface area is 92.2 Å². The third-order valence-corrected chi connectivity index (χ3v) is 2.87. The average molecular weight is 214 g/mol. The maximum atomic E-state index is 10.0. The minimum absolute atomic E-state index is 0.228. The van der Waals surface area contributed by atoms with Gasteiger partial charge in [-0.2, -0.15) is 0 Å². The summed E-state index contributed by atoms with van der Waals surface area (Å²) in [5.41, 5.74) is 0. The van der Waals surface area contributed by atoms with Crippen molar-refractivity contribution in [2.45, 2.75) is 19.9 Å². The van der Waals surface area contributed by atoms with Gasteiger partial charge in [0.2, 0.25) is 0 Å². The van der Waals surface area contributed by atoms with Gasteiger partial charge >= 0.3 is 0 Å². The largest absolute Gasteiger partial charge is 0.373 e. The molecule has 0 bridgehead atoms. The fourth-order valence-electron chi connectivity index (χ4n) is 1.83. The Bertz CT molecular complexity index is 177. The van der Waals surface area contributed by atoms with Crippen LogP contribution in [0.4, 0.5) is 0 Å². The van der Waals surface area contributed by atoms with Crippen LogP contribution >= 0.6 is 0 Å². The molecule has 0 amide bonds. The molecular formula is C11H22N2O2. The highest BCUT2D eigenvalue weighted by Gasteiger charge is 2.17. The van der Waals surface area contributed by atoms with Gasteiger partial charge in [0.15, 0.2) is 0 Å². The predicted molar refractivity (Wildman–Crippen MR) is 60.0 cm³/mol. The van der Waals surface area contributed by atoms with Crippen LogP contribution in [0.3, 0.4) is 0 Å². The summed E-state index contributed by atoms with van der Waals surface area (Å²) in [4.78, 5) is 14.9. The van der Waals surface area contributed by atoms with Crippen LogP contribution in [-0.4, -0.2) is 68.1 Å². The number of hydrogen-bond acceptors (Lipinski definition) is 4. The third kappa shape index (κ3) is 4.73. The maximum Gasteiger partial charge on any atom is 0.145 e. The van der Waals surface area contributed by atoms with Crippen LogP contribution in [0.2, 0.25) is 0 Å². The summed E-state index contributed by atoms with van der Waals surface area (Å²) in [6.45, 7) is 10.8. The van der Waals surface area contributed by atoms with Crippen LogP contribution in [0.1, 0.15) is 13.8 Å². The van der Waals surface area contributed by atoms with E-state index in [2.05, 4.69) is 23.6 Å². The Hall–Kier alpha value is -0.450. The Morgan fingerprint density at radius 1 is 1.27 bits per heavy atom. The molecule has 4 heteroatoms. The van der Waals surface area contributed by atoms with E-state index in [0.717, 1.165) is 39.0 Å². The SMILES string of the molecule is CC(C)N1CCN(CCOCC=O)CC1. The van der Waals surface area contributed by atoms with Gasteiger partial charge < -0.3 is 9.53 Å². The van der Waals surface area contributed by atoms with E-state index < -0.39 is 0 Å². The molecule has 1 aliphatic heterocycles. The van der Waals surface area contributed by atoms with Gasteiger partial charge in [-0.25, -0.2) is 0 Å². The van der Waals surface area contributed by atoms with Crippen molar-refractivity contribution in [1.82, 2.24) is 9.80 Å². The van der Waals surface area contributed by atoms with Crippen LogP contribution in [0, 0.1) is 0 Å². The second-order valence-electron chi connectivity index (χ2n) is 4.21. The molecule has 0 N–H and O–H groups in total. The number of nitrogens with zero attached hydrogens (tertiary/aromatic N) is 2. The molecule has 1 fully saturated rings. The number of hydrogen-bond donors (Lipinski definition) is 0. The predicted octanol–water partition coefficient (Wildman–Crippen LogP) is 0.228. The van der Waals surface area contributed by atoms with Crippen LogP contribution in [0.15, 0.2) is 0 Å². The molecule has 1 aliphatic rings. The van der Waals surface area contributed by atoms with E-state index in [-0.39, 0.29) is 6.61 Å². The highest BCUT2D eigenvalue weighted by molar-refractivity contribution is 5.50. The van der Waals surface area contributed by atoms with Crippen molar-refractivity contribution in [2.24, 2.45) is 0 Å². The maximum absolute atomic E-state index is 10.0. The van der Waals surface area contributed by atoms with Gasteiger partial charge in [-0.15, -0.1) is 0 Å². The molecule has 0 aromatic carbocycles. The molecule has 0 radical (unpaired) electrons. The van der Waals surface area contributed by atoms with Crippen molar-refractivity contribution >= 4 is 6.29 Å². The van der Waals surface area contributed by atoms with Crippen LogP contribution in [-0.2, 0) is 9.53 Å². The molecule has 0 saturated carbocycles.